The summed E-state index contributed by atoms with van der Waals surface area (Å²) < 4.78 is 5.59. The summed E-state index contributed by atoms with van der Waals surface area (Å²) in [4.78, 5) is 35.6. The number of nitrogens with one attached hydrogen (secondary N) is 1. The molecule has 0 saturated carbocycles. The molecule has 2 unspecified atom stereocenters. The zero-order valence-corrected chi connectivity index (χ0v) is 24.4. The SMILES string of the molecule is CCCC(CNC(=O)c1cc(OC)c2nc(C)c(C)cc2c1)c1cc2c(c(-c3ccc(C)cc3)n1)[B]CC2C(N)=O. The lowest BCUT2D eigenvalue weighted by Crippen LogP contribution is -2.30. The van der Waals surface area contributed by atoms with Gasteiger partial charge >= 0.3 is 0 Å². The molecule has 0 spiro atoms. The minimum atomic E-state index is -0.376. The summed E-state index contributed by atoms with van der Waals surface area (Å²) in [5.74, 6) is -0.372. The molecule has 3 heterocycles. The predicted octanol–water partition coefficient (Wildman–Crippen LogP) is 4.87. The summed E-state index contributed by atoms with van der Waals surface area (Å²) in [5.41, 5.74) is 14.8. The summed E-state index contributed by atoms with van der Waals surface area (Å²) >= 11 is 0. The molecular weight excluding hydrogens is 511 g/mol. The van der Waals surface area contributed by atoms with Gasteiger partial charge in [-0.15, -0.1) is 0 Å². The molecule has 209 valence electrons. The number of aryl methyl sites for hydroxylation is 3. The van der Waals surface area contributed by atoms with Crippen molar-refractivity contribution in [3.63, 3.8) is 0 Å². The van der Waals surface area contributed by atoms with Crippen molar-refractivity contribution in [2.75, 3.05) is 13.7 Å². The maximum absolute atomic E-state index is 13.4. The van der Waals surface area contributed by atoms with E-state index in [4.69, 9.17) is 15.5 Å². The zero-order valence-electron chi connectivity index (χ0n) is 24.4. The highest BCUT2D eigenvalue weighted by molar-refractivity contribution is 6.58. The summed E-state index contributed by atoms with van der Waals surface area (Å²) in [6.45, 7) is 8.54. The Hall–Kier alpha value is -4.20. The van der Waals surface area contributed by atoms with Crippen molar-refractivity contribution in [2.24, 2.45) is 5.73 Å². The minimum absolute atomic E-state index is 0.0403. The van der Waals surface area contributed by atoms with E-state index in [2.05, 4.69) is 55.7 Å². The van der Waals surface area contributed by atoms with Gasteiger partial charge in [0.05, 0.1) is 18.7 Å². The average Bonchev–Trinajstić information content (AvgIpc) is 3.40. The normalized spacial score (nSPS) is 14.8. The summed E-state index contributed by atoms with van der Waals surface area (Å²) in [5, 5.41) is 4.00. The molecule has 1 aliphatic rings. The molecule has 4 aromatic rings. The van der Waals surface area contributed by atoms with Crippen LogP contribution in [-0.2, 0) is 4.79 Å². The van der Waals surface area contributed by atoms with E-state index in [9.17, 15) is 9.59 Å². The Bertz CT molecular complexity index is 1630. The number of hydrogen-bond donors (Lipinski definition) is 2. The monoisotopic (exact) mass is 547 g/mol. The molecule has 5 rings (SSSR count). The summed E-state index contributed by atoms with van der Waals surface area (Å²) in [7, 11) is 3.66. The molecule has 0 saturated heterocycles. The summed E-state index contributed by atoms with van der Waals surface area (Å²) in [6, 6.07) is 15.9. The molecule has 1 radical (unpaired) electrons. The highest BCUT2D eigenvalue weighted by atomic mass is 16.5. The molecule has 8 heteroatoms. The quantitative estimate of drug-likeness (QED) is 0.291. The Morgan fingerprint density at radius 2 is 1.85 bits per heavy atom. The molecular formula is C33H36BN4O3. The number of fused-ring (bicyclic) bond motifs is 2. The van der Waals surface area contributed by atoms with Crippen LogP contribution >= 0.6 is 0 Å². The molecule has 2 aromatic carbocycles. The average molecular weight is 547 g/mol. The molecule has 2 amide bonds. The van der Waals surface area contributed by atoms with E-state index in [1.807, 2.05) is 32.0 Å². The fourth-order valence-electron chi connectivity index (χ4n) is 5.63. The Balaban J connectivity index is 1.48. The van der Waals surface area contributed by atoms with Crippen LogP contribution in [0.2, 0.25) is 6.32 Å². The topological polar surface area (TPSA) is 107 Å². The lowest BCUT2D eigenvalue weighted by molar-refractivity contribution is -0.119. The number of nitrogens with two attached hydrogens (primary N) is 1. The number of rotatable bonds is 9. The number of hydrogen-bond acceptors (Lipinski definition) is 5. The van der Waals surface area contributed by atoms with E-state index in [0.717, 1.165) is 63.0 Å². The number of primary amides is 1. The summed E-state index contributed by atoms with van der Waals surface area (Å²) in [6.07, 6.45) is 2.31. The largest absolute Gasteiger partial charge is 0.494 e. The minimum Gasteiger partial charge on any atom is -0.494 e. The third-order valence-corrected chi connectivity index (χ3v) is 8.09. The second-order valence-corrected chi connectivity index (χ2v) is 11.0. The van der Waals surface area contributed by atoms with Gasteiger partial charge in [-0.1, -0.05) is 55.0 Å². The van der Waals surface area contributed by atoms with Crippen molar-refractivity contribution >= 4 is 35.5 Å². The third kappa shape index (κ3) is 5.69. The molecule has 3 N–H and O–H groups in total. The first-order valence-corrected chi connectivity index (χ1v) is 14.2. The molecule has 2 aromatic heterocycles. The highest BCUT2D eigenvalue weighted by Gasteiger charge is 2.32. The Morgan fingerprint density at radius 3 is 2.54 bits per heavy atom. The van der Waals surface area contributed by atoms with E-state index >= 15 is 0 Å². The lowest BCUT2D eigenvalue weighted by atomic mass is 9.69. The second kappa shape index (κ2) is 11.7. The smallest absolute Gasteiger partial charge is 0.251 e. The van der Waals surface area contributed by atoms with Crippen molar-refractivity contribution in [2.45, 2.75) is 58.7 Å². The number of carbonyl (C=O) groups excluding carboxylic acids is 2. The number of methoxy groups -OCH3 is 1. The van der Waals surface area contributed by atoms with Crippen LogP contribution < -0.4 is 21.3 Å². The van der Waals surface area contributed by atoms with Crippen molar-refractivity contribution in [1.29, 1.82) is 0 Å². The van der Waals surface area contributed by atoms with Crippen molar-refractivity contribution < 1.29 is 14.3 Å². The Labute approximate surface area is 242 Å². The van der Waals surface area contributed by atoms with Gasteiger partial charge in [0.25, 0.3) is 5.91 Å². The molecule has 7 nitrogen and oxygen atoms in total. The lowest BCUT2D eigenvalue weighted by Gasteiger charge is -2.21. The van der Waals surface area contributed by atoms with Crippen LogP contribution in [0.4, 0.5) is 0 Å². The number of ether oxygens (including phenoxy) is 1. The van der Waals surface area contributed by atoms with Crippen LogP contribution in [0.25, 0.3) is 22.2 Å². The fourth-order valence-corrected chi connectivity index (χ4v) is 5.63. The molecule has 1 aliphatic heterocycles. The first-order valence-electron chi connectivity index (χ1n) is 14.2. The first-order chi connectivity index (χ1) is 19.7. The van der Waals surface area contributed by atoms with Gasteiger partial charge in [-0.2, -0.15) is 0 Å². The Kier molecular flexibility index (Phi) is 8.11. The molecule has 2 atom stereocenters. The Morgan fingerprint density at radius 1 is 1.10 bits per heavy atom. The van der Waals surface area contributed by atoms with E-state index < -0.39 is 0 Å². The number of carbonyl (C=O) groups is 2. The van der Waals surface area contributed by atoms with Gasteiger partial charge in [-0.05, 0) is 68.1 Å². The van der Waals surface area contributed by atoms with Crippen LogP contribution in [0.1, 0.15) is 70.0 Å². The van der Waals surface area contributed by atoms with E-state index in [-0.39, 0.29) is 23.7 Å². The second-order valence-electron chi connectivity index (χ2n) is 11.0. The standard InChI is InChI=1S/C33H36BN4O3/c1-6-7-22(17-36-33(40)24-13-23-12-19(3)20(4)37-30(23)28(14-24)41-5)27-15-25-26(32(35)39)16-34-29(25)31(38-27)21-10-8-18(2)9-11-21/h8-15,22,26H,6-7,16-17H2,1-5H3,(H2,35,39)(H,36,40). The van der Waals surface area contributed by atoms with Crippen LogP contribution in [0, 0.1) is 20.8 Å². The van der Waals surface area contributed by atoms with Crippen molar-refractivity contribution in [3.8, 4) is 17.0 Å². The van der Waals surface area contributed by atoms with Crippen molar-refractivity contribution in [3.05, 3.63) is 82.2 Å². The fraction of sp³-hybridized carbons (Fsp3) is 0.333. The van der Waals surface area contributed by atoms with Crippen LogP contribution in [-0.4, -0.2) is 42.7 Å². The van der Waals surface area contributed by atoms with E-state index in [0.29, 0.717) is 24.2 Å². The number of benzene rings is 2. The highest BCUT2D eigenvalue weighted by Crippen LogP contribution is 2.33. The third-order valence-electron chi connectivity index (χ3n) is 8.09. The van der Waals surface area contributed by atoms with Gasteiger partial charge in [0.2, 0.25) is 5.91 Å². The molecule has 0 bridgehead atoms. The molecule has 0 aliphatic carbocycles. The predicted molar refractivity (Wildman–Crippen MR) is 164 cm³/mol. The van der Waals surface area contributed by atoms with Crippen molar-refractivity contribution in [1.82, 2.24) is 15.3 Å². The number of pyridine rings is 2. The van der Waals surface area contributed by atoms with Gasteiger partial charge in [0.1, 0.15) is 11.3 Å². The van der Waals surface area contributed by atoms with Crippen LogP contribution in [0.5, 0.6) is 5.75 Å². The van der Waals surface area contributed by atoms with Gasteiger partial charge in [-0.25, -0.2) is 4.98 Å². The van der Waals surface area contributed by atoms with Crippen LogP contribution in [0.3, 0.4) is 0 Å². The van der Waals surface area contributed by atoms with E-state index in [1.165, 1.54) is 5.56 Å². The number of nitrogens with zero attached hydrogens (tertiary/aromatic N) is 2. The van der Waals surface area contributed by atoms with Gasteiger partial charge < -0.3 is 15.8 Å². The maximum atomic E-state index is 13.4. The number of aromatic nitrogens is 2. The first kappa shape index (κ1) is 28.3. The van der Waals surface area contributed by atoms with Gasteiger partial charge in [0, 0.05) is 34.8 Å². The van der Waals surface area contributed by atoms with Gasteiger partial charge in [0.15, 0.2) is 7.28 Å². The molecule has 41 heavy (non-hydrogen) atoms. The molecule has 0 fully saturated rings. The number of amides is 2. The maximum Gasteiger partial charge on any atom is 0.251 e. The van der Waals surface area contributed by atoms with Gasteiger partial charge in [-0.3, -0.25) is 14.6 Å². The van der Waals surface area contributed by atoms with E-state index in [1.54, 1.807) is 13.2 Å². The van der Waals surface area contributed by atoms with Crippen LogP contribution in [0.15, 0.2) is 48.5 Å². The zero-order chi connectivity index (χ0) is 29.3.